The number of unbranched alkanes of at least 4 members (excludes halogenated alkanes) is 1. The zero-order chi connectivity index (χ0) is 10.4. The topological polar surface area (TPSA) is 68.2 Å². The summed E-state index contributed by atoms with van der Waals surface area (Å²) in [4.78, 5) is 10.4. The van der Waals surface area contributed by atoms with Crippen LogP contribution in [0.3, 0.4) is 0 Å². The van der Waals surface area contributed by atoms with Gasteiger partial charge in [0.1, 0.15) is 6.04 Å². The van der Waals surface area contributed by atoms with E-state index in [1.165, 1.54) is 0 Å². The third kappa shape index (κ3) is 3.62. The van der Waals surface area contributed by atoms with Crippen LogP contribution in [0.5, 0.6) is 0 Å². The Morgan fingerprint density at radius 2 is 2.00 bits per heavy atom. The zero-order valence-electron chi connectivity index (χ0n) is 8.10. The fourth-order valence-corrected chi connectivity index (χ4v) is 1.30. The molecular formula is C10H16N2O2. The predicted molar refractivity (Wildman–Crippen MR) is 53.9 cm³/mol. The van der Waals surface area contributed by atoms with Crippen molar-refractivity contribution in [3.63, 3.8) is 0 Å². The first-order valence-corrected chi connectivity index (χ1v) is 4.79. The molecule has 0 aliphatic carbocycles. The summed E-state index contributed by atoms with van der Waals surface area (Å²) in [7, 11) is 0. The lowest BCUT2D eigenvalue weighted by molar-refractivity contribution is -0.138. The van der Waals surface area contributed by atoms with E-state index in [2.05, 4.69) is 4.57 Å². The second-order valence-corrected chi connectivity index (χ2v) is 3.36. The van der Waals surface area contributed by atoms with Gasteiger partial charge in [-0.25, -0.2) is 0 Å². The Bertz CT molecular complexity index is 270. The highest BCUT2D eigenvalue weighted by molar-refractivity contribution is 5.72. The van der Waals surface area contributed by atoms with E-state index in [9.17, 15) is 4.79 Å². The molecule has 14 heavy (non-hydrogen) atoms. The van der Waals surface area contributed by atoms with Gasteiger partial charge in [0.05, 0.1) is 0 Å². The molecule has 0 aliphatic heterocycles. The summed E-state index contributed by atoms with van der Waals surface area (Å²) in [6.45, 7) is 0.930. The van der Waals surface area contributed by atoms with Crippen LogP contribution in [0, 0.1) is 0 Å². The van der Waals surface area contributed by atoms with Crippen LogP contribution in [-0.4, -0.2) is 21.7 Å². The van der Waals surface area contributed by atoms with Crippen molar-refractivity contribution in [3.05, 3.63) is 24.5 Å². The molecule has 1 unspecified atom stereocenters. The number of aryl methyl sites for hydroxylation is 1. The van der Waals surface area contributed by atoms with Crippen molar-refractivity contribution in [2.75, 3.05) is 0 Å². The van der Waals surface area contributed by atoms with E-state index < -0.39 is 12.0 Å². The minimum atomic E-state index is -0.911. The summed E-state index contributed by atoms with van der Waals surface area (Å²) in [6.07, 6.45) is 6.37. The number of hydrogen-bond donors (Lipinski definition) is 2. The lowest BCUT2D eigenvalue weighted by Gasteiger charge is -2.06. The summed E-state index contributed by atoms with van der Waals surface area (Å²) in [5.41, 5.74) is 5.37. The molecule has 1 rings (SSSR count). The quantitative estimate of drug-likeness (QED) is 0.669. The SMILES string of the molecule is NC(CCCCn1cccc1)C(=O)O. The summed E-state index contributed by atoms with van der Waals surface area (Å²) in [6, 6.07) is 3.24. The number of rotatable bonds is 6. The monoisotopic (exact) mass is 196 g/mol. The average Bonchev–Trinajstić information content (AvgIpc) is 2.64. The molecule has 0 bridgehead atoms. The van der Waals surface area contributed by atoms with Gasteiger partial charge in [-0.2, -0.15) is 0 Å². The van der Waals surface area contributed by atoms with E-state index in [0.717, 1.165) is 19.4 Å². The van der Waals surface area contributed by atoms with E-state index in [-0.39, 0.29) is 0 Å². The highest BCUT2D eigenvalue weighted by Gasteiger charge is 2.09. The summed E-state index contributed by atoms with van der Waals surface area (Å²) >= 11 is 0. The molecule has 1 aromatic rings. The molecule has 0 spiro atoms. The van der Waals surface area contributed by atoms with Crippen molar-refractivity contribution >= 4 is 5.97 Å². The minimum Gasteiger partial charge on any atom is -0.480 e. The molecule has 0 amide bonds. The normalized spacial score (nSPS) is 12.6. The Labute approximate surface area is 83.3 Å². The van der Waals surface area contributed by atoms with Gasteiger partial charge in [-0.05, 0) is 31.4 Å². The van der Waals surface area contributed by atoms with Gasteiger partial charge in [0.15, 0.2) is 0 Å². The fourth-order valence-electron chi connectivity index (χ4n) is 1.30. The largest absolute Gasteiger partial charge is 0.480 e. The van der Waals surface area contributed by atoms with Crippen LogP contribution in [0.4, 0.5) is 0 Å². The van der Waals surface area contributed by atoms with Crippen molar-refractivity contribution in [2.24, 2.45) is 5.73 Å². The number of carboxylic acid groups (broad SMARTS) is 1. The van der Waals surface area contributed by atoms with E-state index >= 15 is 0 Å². The van der Waals surface area contributed by atoms with Crippen LogP contribution >= 0.6 is 0 Å². The van der Waals surface area contributed by atoms with Crippen molar-refractivity contribution in [2.45, 2.75) is 31.8 Å². The zero-order valence-corrected chi connectivity index (χ0v) is 8.10. The number of aromatic nitrogens is 1. The first kappa shape index (κ1) is 10.8. The highest BCUT2D eigenvalue weighted by atomic mass is 16.4. The lowest BCUT2D eigenvalue weighted by atomic mass is 10.1. The molecule has 1 heterocycles. The van der Waals surface area contributed by atoms with Crippen molar-refractivity contribution < 1.29 is 9.90 Å². The molecule has 4 nitrogen and oxygen atoms in total. The van der Waals surface area contributed by atoms with Crippen LogP contribution in [0.2, 0.25) is 0 Å². The maximum absolute atomic E-state index is 10.4. The second kappa shape index (κ2) is 5.44. The molecule has 0 saturated carbocycles. The first-order chi connectivity index (χ1) is 6.70. The Kier molecular flexibility index (Phi) is 4.19. The van der Waals surface area contributed by atoms with E-state index in [1.807, 2.05) is 24.5 Å². The maximum atomic E-state index is 10.4. The van der Waals surface area contributed by atoms with E-state index in [4.69, 9.17) is 10.8 Å². The Hall–Kier alpha value is -1.29. The van der Waals surface area contributed by atoms with Crippen molar-refractivity contribution in [1.82, 2.24) is 4.57 Å². The van der Waals surface area contributed by atoms with Gasteiger partial charge >= 0.3 is 5.97 Å². The molecule has 3 N–H and O–H groups in total. The van der Waals surface area contributed by atoms with Gasteiger partial charge < -0.3 is 15.4 Å². The molecule has 1 aromatic heterocycles. The first-order valence-electron chi connectivity index (χ1n) is 4.79. The Morgan fingerprint density at radius 1 is 1.36 bits per heavy atom. The number of aliphatic carboxylic acids is 1. The molecule has 4 heteroatoms. The number of nitrogens with zero attached hydrogens (tertiary/aromatic N) is 1. The van der Waals surface area contributed by atoms with Crippen LogP contribution in [0.1, 0.15) is 19.3 Å². The van der Waals surface area contributed by atoms with Gasteiger partial charge in [-0.1, -0.05) is 0 Å². The van der Waals surface area contributed by atoms with Gasteiger partial charge in [0.2, 0.25) is 0 Å². The second-order valence-electron chi connectivity index (χ2n) is 3.36. The molecule has 0 aromatic carbocycles. The molecular weight excluding hydrogens is 180 g/mol. The standard InChI is InChI=1S/C10H16N2O2/c11-9(10(13)14)5-1-2-6-12-7-3-4-8-12/h3-4,7-9H,1-2,5-6,11H2,(H,13,14). The highest BCUT2D eigenvalue weighted by Crippen LogP contribution is 2.02. The van der Waals surface area contributed by atoms with Gasteiger partial charge in [-0.3, -0.25) is 4.79 Å². The average molecular weight is 196 g/mol. The van der Waals surface area contributed by atoms with Crippen molar-refractivity contribution in [3.8, 4) is 0 Å². The van der Waals surface area contributed by atoms with Crippen molar-refractivity contribution in [1.29, 1.82) is 0 Å². The van der Waals surface area contributed by atoms with E-state index in [0.29, 0.717) is 6.42 Å². The van der Waals surface area contributed by atoms with Crippen LogP contribution in [0.25, 0.3) is 0 Å². The Morgan fingerprint density at radius 3 is 2.57 bits per heavy atom. The van der Waals surface area contributed by atoms with E-state index in [1.54, 1.807) is 0 Å². The van der Waals surface area contributed by atoms with Gasteiger partial charge in [0, 0.05) is 18.9 Å². The van der Waals surface area contributed by atoms with Crippen LogP contribution in [0.15, 0.2) is 24.5 Å². The smallest absolute Gasteiger partial charge is 0.320 e. The summed E-state index contributed by atoms with van der Waals surface area (Å²) in [5, 5.41) is 8.54. The molecule has 1 atom stereocenters. The van der Waals surface area contributed by atoms with Crippen LogP contribution in [-0.2, 0) is 11.3 Å². The molecule has 78 valence electrons. The van der Waals surface area contributed by atoms with Gasteiger partial charge in [0.25, 0.3) is 0 Å². The molecule has 0 fully saturated rings. The summed E-state index contributed by atoms with van der Waals surface area (Å²) < 4.78 is 2.08. The third-order valence-electron chi connectivity index (χ3n) is 2.16. The predicted octanol–water partition coefficient (Wildman–Crippen LogP) is 1.07. The number of carbonyl (C=O) groups is 1. The number of nitrogens with two attached hydrogens (primary N) is 1. The minimum absolute atomic E-state index is 0.552. The van der Waals surface area contributed by atoms with Gasteiger partial charge in [-0.15, -0.1) is 0 Å². The lowest BCUT2D eigenvalue weighted by Crippen LogP contribution is -2.29. The number of hydrogen-bond acceptors (Lipinski definition) is 2. The maximum Gasteiger partial charge on any atom is 0.320 e. The molecule has 0 saturated heterocycles. The Balaban J connectivity index is 2.08. The third-order valence-corrected chi connectivity index (χ3v) is 2.16. The summed E-state index contributed by atoms with van der Waals surface area (Å²) in [5.74, 6) is -0.911. The molecule has 0 radical (unpaired) electrons. The number of carboxylic acids is 1. The fraction of sp³-hybridized carbons (Fsp3) is 0.500. The van der Waals surface area contributed by atoms with Crippen LogP contribution < -0.4 is 5.73 Å². The molecule has 0 aliphatic rings.